The zero-order chi connectivity index (χ0) is 14.1. The Kier molecular flexibility index (Phi) is 6.65. The first kappa shape index (κ1) is 15.2. The van der Waals surface area contributed by atoms with E-state index < -0.39 is 4.92 Å². The summed E-state index contributed by atoms with van der Waals surface area (Å²) in [5.41, 5.74) is 2.77. The highest BCUT2D eigenvalue weighted by atomic mass is 32.2. The summed E-state index contributed by atoms with van der Waals surface area (Å²) in [6.07, 6.45) is 3.61. The number of thioether (sulfide) groups is 1. The average Bonchev–Trinajstić information content (AvgIpc) is 2.86. The topological polar surface area (TPSA) is 93.0 Å². The van der Waals surface area contributed by atoms with E-state index in [1.165, 1.54) is 18.3 Å². The molecule has 0 aliphatic rings. The largest absolute Gasteiger partial charge is 0.433 e. The molecular weight excluding hydrogens is 268 g/mol. The number of hydrogen-bond acceptors (Lipinski definition) is 6. The SMILES string of the molecule is CCCCSC(=NC)N/N=C/c1ccc([N+](=O)[O-])o1. The van der Waals surface area contributed by atoms with Crippen LogP contribution in [-0.2, 0) is 0 Å². The number of hydrogen-bond donors (Lipinski definition) is 1. The van der Waals surface area contributed by atoms with Crippen LogP contribution in [0.5, 0.6) is 0 Å². The summed E-state index contributed by atoms with van der Waals surface area (Å²) in [6, 6.07) is 2.77. The van der Waals surface area contributed by atoms with Gasteiger partial charge in [0.2, 0.25) is 0 Å². The van der Waals surface area contributed by atoms with E-state index >= 15 is 0 Å². The van der Waals surface area contributed by atoms with Crippen molar-refractivity contribution in [3.63, 3.8) is 0 Å². The van der Waals surface area contributed by atoms with Crippen molar-refractivity contribution in [1.82, 2.24) is 5.43 Å². The molecule has 8 heteroatoms. The van der Waals surface area contributed by atoms with Crippen molar-refractivity contribution in [2.75, 3.05) is 12.8 Å². The van der Waals surface area contributed by atoms with Gasteiger partial charge in [-0.1, -0.05) is 25.1 Å². The van der Waals surface area contributed by atoms with Crippen molar-refractivity contribution in [1.29, 1.82) is 0 Å². The summed E-state index contributed by atoms with van der Waals surface area (Å²) in [6.45, 7) is 2.12. The third kappa shape index (κ3) is 5.56. The van der Waals surface area contributed by atoms with Gasteiger partial charge in [0.1, 0.15) is 4.92 Å². The lowest BCUT2D eigenvalue weighted by molar-refractivity contribution is -0.402. The number of nitrogens with zero attached hydrogens (tertiary/aromatic N) is 3. The fourth-order valence-electron chi connectivity index (χ4n) is 1.12. The summed E-state index contributed by atoms with van der Waals surface area (Å²) in [4.78, 5) is 13.9. The molecular formula is C11H16N4O3S. The van der Waals surface area contributed by atoms with Crippen molar-refractivity contribution in [2.45, 2.75) is 19.8 Å². The molecule has 7 nitrogen and oxygen atoms in total. The van der Waals surface area contributed by atoms with E-state index in [1.54, 1.807) is 18.8 Å². The standard InChI is InChI=1S/C11H16N4O3S/c1-3-4-7-19-11(12-2)14-13-8-9-5-6-10(18-9)15(16)17/h5-6,8H,3-4,7H2,1-2H3,(H,12,14)/b13-8+. The molecule has 104 valence electrons. The van der Waals surface area contributed by atoms with Crippen LogP contribution in [0.1, 0.15) is 25.5 Å². The Labute approximate surface area is 115 Å². The molecule has 1 rings (SSSR count). The number of unbranched alkanes of at least 4 members (excludes halogenated alkanes) is 1. The highest BCUT2D eigenvalue weighted by molar-refractivity contribution is 8.13. The van der Waals surface area contributed by atoms with E-state index in [4.69, 9.17) is 4.42 Å². The van der Waals surface area contributed by atoms with Gasteiger partial charge in [0.15, 0.2) is 10.9 Å². The third-order valence-electron chi connectivity index (χ3n) is 2.08. The second kappa shape index (κ2) is 8.30. The first-order valence-electron chi connectivity index (χ1n) is 5.80. The Hall–Kier alpha value is -1.83. The number of aliphatic imine (C=N–C) groups is 1. The van der Waals surface area contributed by atoms with E-state index in [2.05, 4.69) is 22.4 Å². The van der Waals surface area contributed by atoms with Crippen molar-refractivity contribution in [3.05, 3.63) is 28.0 Å². The van der Waals surface area contributed by atoms with Gasteiger partial charge in [-0.05, 0) is 12.5 Å². The van der Waals surface area contributed by atoms with E-state index in [0.717, 1.165) is 18.6 Å². The van der Waals surface area contributed by atoms with Crippen molar-refractivity contribution < 1.29 is 9.34 Å². The van der Waals surface area contributed by atoms with Gasteiger partial charge < -0.3 is 4.42 Å². The molecule has 19 heavy (non-hydrogen) atoms. The number of nitro groups is 1. The highest BCUT2D eigenvalue weighted by Crippen LogP contribution is 2.13. The molecule has 0 aliphatic heterocycles. The van der Waals surface area contributed by atoms with Crippen LogP contribution in [0.4, 0.5) is 5.88 Å². The molecule has 1 heterocycles. The summed E-state index contributed by atoms with van der Waals surface area (Å²) >= 11 is 1.58. The molecule has 0 atom stereocenters. The molecule has 0 radical (unpaired) electrons. The molecule has 0 saturated carbocycles. The Bertz CT molecular complexity index is 470. The minimum absolute atomic E-state index is 0.303. The monoisotopic (exact) mass is 284 g/mol. The highest BCUT2D eigenvalue weighted by Gasteiger charge is 2.10. The van der Waals surface area contributed by atoms with Gasteiger partial charge in [0.25, 0.3) is 0 Å². The van der Waals surface area contributed by atoms with E-state index in [0.29, 0.717) is 10.9 Å². The minimum Gasteiger partial charge on any atom is -0.400 e. The molecule has 0 bridgehead atoms. The lowest BCUT2D eigenvalue weighted by atomic mass is 10.4. The molecule has 1 aromatic heterocycles. The van der Waals surface area contributed by atoms with Gasteiger partial charge in [-0.25, -0.2) is 0 Å². The summed E-state index contributed by atoms with van der Waals surface area (Å²) < 4.78 is 4.92. The van der Waals surface area contributed by atoms with Gasteiger partial charge in [-0.2, -0.15) is 5.10 Å². The van der Waals surface area contributed by atoms with Gasteiger partial charge in [-0.15, -0.1) is 0 Å². The van der Waals surface area contributed by atoms with Crippen LogP contribution in [0.15, 0.2) is 26.6 Å². The van der Waals surface area contributed by atoms with Crippen LogP contribution in [0.25, 0.3) is 0 Å². The molecule has 0 aliphatic carbocycles. The Morgan fingerprint density at radius 1 is 1.63 bits per heavy atom. The van der Waals surface area contributed by atoms with Crippen molar-refractivity contribution in [3.8, 4) is 0 Å². The quantitative estimate of drug-likeness (QED) is 0.285. The zero-order valence-electron chi connectivity index (χ0n) is 10.8. The van der Waals surface area contributed by atoms with E-state index in [1.807, 2.05) is 0 Å². The maximum absolute atomic E-state index is 10.4. The molecule has 0 fully saturated rings. The average molecular weight is 284 g/mol. The van der Waals surface area contributed by atoms with Crippen LogP contribution < -0.4 is 5.43 Å². The lowest BCUT2D eigenvalue weighted by Gasteiger charge is -2.02. The molecule has 1 aromatic rings. The minimum atomic E-state index is -0.593. The van der Waals surface area contributed by atoms with Crippen LogP contribution in [0.2, 0.25) is 0 Å². The van der Waals surface area contributed by atoms with Crippen molar-refractivity contribution >= 4 is 29.0 Å². The number of hydrazone groups is 1. The normalized spacial score (nSPS) is 12.0. The van der Waals surface area contributed by atoms with Gasteiger partial charge in [-0.3, -0.25) is 20.5 Å². The first-order valence-corrected chi connectivity index (χ1v) is 6.78. The Morgan fingerprint density at radius 3 is 3.00 bits per heavy atom. The number of rotatable bonds is 6. The van der Waals surface area contributed by atoms with E-state index in [9.17, 15) is 10.1 Å². The first-order chi connectivity index (χ1) is 9.17. The van der Waals surface area contributed by atoms with Gasteiger partial charge >= 0.3 is 5.88 Å². The number of furan rings is 1. The predicted molar refractivity (Wildman–Crippen MR) is 76.8 cm³/mol. The number of nitrogens with one attached hydrogen (secondary N) is 1. The summed E-state index contributed by atoms with van der Waals surface area (Å²) in [5, 5.41) is 15.0. The van der Waals surface area contributed by atoms with E-state index in [-0.39, 0.29) is 5.88 Å². The predicted octanol–water partition coefficient (Wildman–Crippen LogP) is 2.63. The van der Waals surface area contributed by atoms with Gasteiger partial charge in [0, 0.05) is 12.8 Å². The zero-order valence-corrected chi connectivity index (χ0v) is 11.6. The third-order valence-corrected chi connectivity index (χ3v) is 3.12. The number of amidine groups is 1. The fourth-order valence-corrected chi connectivity index (χ4v) is 1.99. The van der Waals surface area contributed by atoms with Gasteiger partial charge in [0.05, 0.1) is 12.3 Å². The van der Waals surface area contributed by atoms with Crippen LogP contribution in [-0.4, -0.2) is 29.1 Å². The van der Waals surface area contributed by atoms with Crippen LogP contribution >= 0.6 is 11.8 Å². The lowest BCUT2D eigenvalue weighted by Crippen LogP contribution is -2.14. The maximum atomic E-state index is 10.4. The molecule has 1 N–H and O–H groups in total. The Morgan fingerprint density at radius 2 is 2.42 bits per heavy atom. The van der Waals surface area contributed by atoms with Crippen LogP contribution in [0, 0.1) is 10.1 Å². The smallest absolute Gasteiger partial charge is 0.400 e. The second-order valence-corrected chi connectivity index (χ2v) is 4.62. The molecule has 0 amide bonds. The maximum Gasteiger partial charge on any atom is 0.433 e. The fraction of sp³-hybridized carbons (Fsp3) is 0.455. The summed E-state index contributed by atoms with van der Waals surface area (Å²) in [7, 11) is 1.68. The summed E-state index contributed by atoms with van der Waals surface area (Å²) in [5.74, 6) is 0.981. The second-order valence-electron chi connectivity index (χ2n) is 3.53. The van der Waals surface area contributed by atoms with Crippen molar-refractivity contribution in [2.24, 2.45) is 10.1 Å². The molecule has 0 saturated heterocycles. The van der Waals surface area contributed by atoms with Crippen LogP contribution in [0.3, 0.4) is 0 Å². The molecule has 0 unspecified atom stereocenters. The molecule has 0 aromatic carbocycles. The Balaban J connectivity index is 2.45. The molecule has 0 spiro atoms.